The van der Waals surface area contributed by atoms with E-state index in [0.717, 1.165) is 0 Å². The molecule has 0 atom stereocenters. The molecular formula is C30H22O8. The molecule has 38 heavy (non-hydrogen) atoms. The molecule has 4 aromatic rings. The summed E-state index contributed by atoms with van der Waals surface area (Å²) in [7, 11) is 2.73. The van der Waals surface area contributed by atoms with Crippen LogP contribution in [0.1, 0.15) is 41.4 Å². The number of aromatic hydroxyl groups is 2. The molecule has 0 aliphatic rings. The second kappa shape index (κ2) is 10.8. The van der Waals surface area contributed by atoms with Gasteiger partial charge in [-0.1, -0.05) is 36.4 Å². The van der Waals surface area contributed by atoms with Gasteiger partial charge in [0.05, 0.1) is 25.3 Å². The topological polar surface area (TPSA) is 127 Å². The summed E-state index contributed by atoms with van der Waals surface area (Å²) < 4.78 is 10.7. The maximum absolute atomic E-state index is 12.9. The third-order valence-electron chi connectivity index (χ3n) is 5.85. The Morgan fingerprint density at radius 3 is 1.26 bits per heavy atom. The first-order valence-corrected chi connectivity index (χ1v) is 11.4. The SMILES string of the molecule is COc1cc(-c2ccc(C(=O)C(=O)c3cccc(O)c3)c(OC)c2)ccc1C(=O)C(=O)c1cccc(O)c1. The number of hydrogen-bond acceptors (Lipinski definition) is 8. The number of carbonyl (C=O) groups excluding carboxylic acids is 4. The third-order valence-corrected chi connectivity index (χ3v) is 5.85. The molecule has 0 spiro atoms. The van der Waals surface area contributed by atoms with Gasteiger partial charge in [0, 0.05) is 11.1 Å². The van der Waals surface area contributed by atoms with Crippen LogP contribution in [-0.4, -0.2) is 47.6 Å². The van der Waals surface area contributed by atoms with Crippen LogP contribution in [0.4, 0.5) is 0 Å². The molecule has 0 aromatic heterocycles. The van der Waals surface area contributed by atoms with Crippen molar-refractivity contribution in [1.82, 2.24) is 0 Å². The lowest BCUT2D eigenvalue weighted by Crippen LogP contribution is -2.16. The Kier molecular flexibility index (Phi) is 7.34. The Hall–Kier alpha value is -5.24. The smallest absolute Gasteiger partial charge is 0.237 e. The van der Waals surface area contributed by atoms with Crippen molar-refractivity contribution >= 4 is 23.1 Å². The first-order valence-electron chi connectivity index (χ1n) is 11.4. The van der Waals surface area contributed by atoms with Crippen LogP contribution in [0.3, 0.4) is 0 Å². The largest absolute Gasteiger partial charge is 0.508 e. The Labute approximate surface area is 217 Å². The molecule has 0 heterocycles. The van der Waals surface area contributed by atoms with Gasteiger partial charge in [-0.05, 0) is 59.7 Å². The van der Waals surface area contributed by atoms with Gasteiger partial charge >= 0.3 is 0 Å². The van der Waals surface area contributed by atoms with Crippen molar-refractivity contribution in [1.29, 1.82) is 0 Å². The molecule has 0 bridgehead atoms. The van der Waals surface area contributed by atoms with E-state index >= 15 is 0 Å². The Morgan fingerprint density at radius 2 is 0.921 bits per heavy atom. The van der Waals surface area contributed by atoms with Crippen molar-refractivity contribution in [2.75, 3.05) is 14.2 Å². The van der Waals surface area contributed by atoms with E-state index in [1.807, 2.05) is 0 Å². The van der Waals surface area contributed by atoms with Crippen LogP contribution in [0.5, 0.6) is 23.0 Å². The van der Waals surface area contributed by atoms with E-state index in [4.69, 9.17) is 9.47 Å². The fourth-order valence-corrected chi connectivity index (χ4v) is 3.92. The summed E-state index contributed by atoms with van der Waals surface area (Å²) in [6.45, 7) is 0. The van der Waals surface area contributed by atoms with Crippen LogP contribution in [0.15, 0.2) is 84.9 Å². The summed E-state index contributed by atoms with van der Waals surface area (Å²) in [4.78, 5) is 51.1. The molecule has 0 saturated carbocycles. The van der Waals surface area contributed by atoms with Gasteiger partial charge in [-0.15, -0.1) is 0 Å². The van der Waals surface area contributed by atoms with Crippen LogP contribution in [0, 0.1) is 0 Å². The summed E-state index contributed by atoms with van der Waals surface area (Å²) in [6, 6.07) is 20.3. The highest BCUT2D eigenvalue weighted by Gasteiger charge is 2.24. The van der Waals surface area contributed by atoms with Gasteiger partial charge in [0.1, 0.15) is 23.0 Å². The molecule has 4 aromatic carbocycles. The lowest BCUT2D eigenvalue weighted by molar-refractivity contribution is 0.0815. The van der Waals surface area contributed by atoms with E-state index in [0.29, 0.717) is 11.1 Å². The molecule has 0 aliphatic carbocycles. The first-order chi connectivity index (χ1) is 18.2. The highest BCUT2D eigenvalue weighted by atomic mass is 16.5. The third kappa shape index (κ3) is 5.15. The Balaban J connectivity index is 1.64. The second-order valence-corrected chi connectivity index (χ2v) is 8.25. The van der Waals surface area contributed by atoms with E-state index in [1.165, 1.54) is 74.9 Å². The predicted molar refractivity (Wildman–Crippen MR) is 139 cm³/mol. The maximum Gasteiger partial charge on any atom is 0.237 e. The summed E-state index contributed by atoms with van der Waals surface area (Å²) >= 11 is 0. The zero-order valence-corrected chi connectivity index (χ0v) is 20.4. The molecule has 0 aliphatic heterocycles. The fourth-order valence-electron chi connectivity index (χ4n) is 3.92. The summed E-state index contributed by atoms with van der Waals surface area (Å²) in [6.07, 6.45) is 0. The lowest BCUT2D eigenvalue weighted by atomic mass is 9.95. The Morgan fingerprint density at radius 1 is 0.526 bits per heavy atom. The van der Waals surface area contributed by atoms with Gasteiger partial charge in [-0.25, -0.2) is 0 Å². The molecule has 0 unspecified atom stereocenters. The quantitative estimate of drug-likeness (QED) is 0.240. The van der Waals surface area contributed by atoms with Crippen LogP contribution in [0.25, 0.3) is 11.1 Å². The van der Waals surface area contributed by atoms with Crippen LogP contribution >= 0.6 is 0 Å². The minimum Gasteiger partial charge on any atom is -0.508 e. The number of phenols is 2. The molecule has 4 rings (SSSR count). The number of ketones is 4. The van der Waals surface area contributed by atoms with E-state index in [-0.39, 0.29) is 45.3 Å². The van der Waals surface area contributed by atoms with Crippen molar-refractivity contribution in [3.05, 3.63) is 107 Å². The molecule has 8 heteroatoms. The number of benzene rings is 4. The van der Waals surface area contributed by atoms with Crippen molar-refractivity contribution in [2.24, 2.45) is 0 Å². The fraction of sp³-hybridized carbons (Fsp3) is 0.0667. The summed E-state index contributed by atoms with van der Waals surface area (Å²) in [5, 5.41) is 19.3. The molecule has 190 valence electrons. The number of ether oxygens (including phenoxy) is 2. The van der Waals surface area contributed by atoms with Gasteiger partial charge in [-0.2, -0.15) is 0 Å². The van der Waals surface area contributed by atoms with Gasteiger partial charge in [0.25, 0.3) is 0 Å². The first kappa shape index (κ1) is 25.8. The number of carbonyl (C=O) groups is 4. The monoisotopic (exact) mass is 510 g/mol. The number of phenolic OH excluding ortho intramolecular Hbond substituents is 2. The molecular weight excluding hydrogens is 488 g/mol. The number of hydrogen-bond donors (Lipinski definition) is 2. The van der Waals surface area contributed by atoms with Crippen molar-refractivity contribution in [2.45, 2.75) is 0 Å². The minimum absolute atomic E-state index is 0.0417. The number of rotatable bonds is 9. The second-order valence-electron chi connectivity index (χ2n) is 8.25. The average molecular weight is 510 g/mol. The standard InChI is InChI=1S/C30H22O8/c1-37-25-15-17(9-11-23(25)29(35)27(33)19-5-3-7-21(31)13-19)18-10-12-24(26(16-18)38-2)30(36)28(34)20-6-4-8-22(32)14-20/h3-16,31-32H,1-2H3. The minimum atomic E-state index is -0.803. The zero-order chi connectivity index (χ0) is 27.4. The normalized spacial score (nSPS) is 10.5. The maximum atomic E-state index is 12.9. The van der Waals surface area contributed by atoms with Crippen molar-refractivity contribution < 1.29 is 38.9 Å². The molecule has 0 saturated heterocycles. The molecule has 2 N–H and O–H groups in total. The van der Waals surface area contributed by atoms with E-state index < -0.39 is 23.1 Å². The summed E-state index contributed by atoms with van der Waals surface area (Å²) in [5.74, 6) is -3.17. The molecule has 0 radical (unpaired) electrons. The lowest BCUT2D eigenvalue weighted by Gasteiger charge is -2.13. The number of methoxy groups -OCH3 is 2. The van der Waals surface area contributed by atoms with Crippen LogP contribution < -0.4 is 9.47 Å². The zero-order valence-electron chi connectivity index (χ0n) is 20.4. The Bertz CT molecular complexity index is 1470. The van der Waals surface area contributed by atoms with Gasteiger partial charge < -0.3 is 19.7 Å². The predicted octanol–water partition coefficient (Wildman–Crippen LogP) is 4.91. The van der Waals surface area contributed by atoms with Gasteiger partial charge in [0.15, 0.2) is 0 Å². The molecule has 0 fully saturated rings. The van der Waals surface area contributed by atoms with E-state index in [1.54, 1.807) is 24.3 Å². The van der Waals surface area contributed by atoms with Gasteiger partial charge in [0.2, 0.25) is 23.1 Å². The summed E-state index contributed by atoms with van der Waals surface area (Å²) in [5.41, 5.74) is 1.37. The average Bonchev–Trinajstić information content (AvgIpc) is 2.94. The highest BCUT2D eigenvalue weighted by molar-refractivity contribution is 6.50. The number of Topliss-reactive ketones (excluding diaryl/α,β-unsaturated/α-hetero) is 4. The van der Waals surface area contributed by atoms with Gasteiger partial charge in [-0.3, -0.25) is 19.2 Å². The van der Waals surface area contributed by atoms with Crippen LogP contribution in [-0.2, 0) is 0 Å². The van der Waals surface area contributed by atoms with Crippen molar-refractivity contribution in [3.8, 4) is 34.1 Å². The van der Waals surface area contributed by atoms with E-state index in [2.05, 4.69) is 0 Å². The van der Waals surface area contributed by atoms with E-state index in [9.17, 15) is 29.4 Å². The molecule has 8 nitrogen and oxygen atoms in total. The highest BCUT2D eigenvalue weighted by Crippen LogP contribution is 2.32. The van der Waals surface area contributed by atoms with Crippen LogP contribution in [0.2, 0.25) is 0 Å². The molecule has 0 amide bonds. The van der Waals surface area contributed by atoms with Crippen molar-refractivity contribution in [3.63, 3.8) is 0 Å².